The summed E-state index contributed by atoms with van der Waals surface area (Å²) in [5.41, 5.74) is 0.460. The predicted molar refractivity (Wildman–Crippen MR) is 102 cm³/mol. The Labute approximate surface area is 163 Å². The number of piperidine rings is 1. The first kappa shape index (κ1) is 19.9. The van der Waals surface area contributed by atoms with Crippen LogP contribution in [0.1, 0.15) is 18.5 Å². The van der Waals surface area contributed by atoms with Gasteiger partial charge in [-0.15, -0.1) is 10.2 Å². The van der Waals surface area contributed by atoms with Gasteiger partial charge < -0.3 is 15.5 Å². The average Bonchev–Trinajstić information content (AvgIpc) is 2.67. The minimum atomic E-state index is -4.03. The highest BCUT2D eigenvalue weighted by Crippen LogP contribution is 2.23. The molecule has 0 saturated carbocycles. The Morgan fingerprint density at radius 1 is 1.25 bits per heavy atom. The lowest BCUT2D eigenvalue weighted by atomic mass is 9.97. The fraction of sp³-hybridized carbons (Fsp3) is 0.438. The van der Waals surface area contributed by atoms with Crippen molar-refractivity contribution in [1.29, 1.82) is 5.26 Å². The van der Waals surface area contributed by atoms with Crippen LogP contribution < -0.4 is 15.8 Å². The van der Waals surface area contributed by atoms with Gasteiger partial charge >= 0.3 is 0 Å². The van der Waals surface area contributed by atoms with Crippen molar-refractivity contribution < 1.29 is 8.42 Å². The summed E-state index contributed by atoms with van der Waals surface area (Å²) in [5, 5.41) is 27.4. The standard InChI is InChI=1S/C16H21N9O2S/c1-25-4-2-11(3-5-25)8-20-13-6-14(23-24-16(13)28(18,26)27)22-15-10-19-12(7-17)9-21-15/h6,9-11H,2-5,8H2,1H3,(H2,18,26,27)(H2,20,21,22,23). The van der Waals surface area contributed by atoms with E-state index in [1.54, 1.807) is 0 Å². The van der Waals surface area contributed by atoms with Gasteiger partial charge in [-0.05, 0) is 38.9 Å². The van der Waals surface area contributed by atoms with Crippen molar-refractivity contribution in [2.45, 2.75) is 17.9 Å². The van der Waals surface area contributed by atoms with Crippen LogP contribution in [0.25, 0.3) is 0 Å². The van der Waals surface area contributed by atoms with Gasteiger partial charge in [-0.3, -0.25) is 0 Å². The molecule has 2 aromatic rings. The zero-order chi connectivity index (χ0) is 20.1. The quantitative estimate of drug-likeness (QED) is 0.610. The number of nitrogens with two attached hydrogens (primary N) is 1. The number of likely N-dealkylation sites (tertiary alicyclic amines) is 1. The van der Waals surface area contributed by atoms with Gasteiger partial charge in [0.25, 0.3) is 10.0 Å². The Kier molecular flexibility index (Phi) is 5.98. The summed E-state index contributed by atoms with van der Waals surface area (Å²) in [6.07, 6.45) is 4.74. The van der Waals surface area contributed by atoms with Crippen LogP contribution in [0.15, 0.2) is 23.5 Å². The molecule has 0 aromatic carbocycles. The second kappa shape index (κ2) is 8.42. The lowest BCUT2D eigenvalue weighted by Gasteiger charge is -2.29. The van der Waals surface area contributed by atoms with Gasteiger partial charge in [0.2, 0.25) is 5.03 Å². The number of nitrogens with one attached hydrogen (secondary N) is 2. The van der Waals surface area contributed by atoms with E-state index in [1.807, 2.05) is 6.07 Å². The summed E-state index contributed by atoms with van der Waals surface area (Å²) in [6, 6.07) is 3.39. The number of nitrogens with zero attached hydrogens (tertiary/aromatic N) is 6. The van der Waals surface area contributed by atoms with Crippen molar-refractivity contribution in [3.8, 4) is 6.07 Å². The molecule has 0 bridgehead atoms. The number of nitriles is 1. The fourth-order valence-electron chi connectivity index (χ4n) is 2.88. The first-order valence-electron chi connectivity index (χ1n) is 8.67. The molecule has 1 fully saturated rings. The topological polar surface area (TPSA) is 163 Å². The molecule has 3 rings (SSSR count). The third-order valence-electron chi connectivity index (χ3n) is 4.47. The second-order valence-corrected chi connectivity index (χ2v) is 8.12. The van der Waals surface area contributed by atoms with Crippen molar-refractivity contribution >= 4 is 27.3 Å². The minimum Gasteiger partial charge on any atom is -0.382 e. The molecule has 11 nitrogen and oxygen atoms in total. The molecule has 4 N–H and O–H groups in total. The third-order valence-corrected chi connectivity index (χ3v) is 5.31. The van der Waals surface area contributed by atoms with Gasteiger partial charge in [-0.1, -0.05) is 0 Å². The van der Waals surface area contributed by atoms with Crippen molar-refractivity contribution in [2.24, 2.45) is 11.1 Å². The number of hydrogen-bond acceptors (Lipinski definition) is 10. The molecule has 0 radical (unpaired) electrons. The summed E-state index contributed by atoms with van der Waals surface area (Å²) in [5.74, 6) is 1.05. The van der Waals surface area contributed by atoms with E-state index >= 15 is 0 Å². The summed E-state index contributed by atoms with van der Waals surface area (Å²) >= 11 is 0. The molecular weight excluding hydrogens is 382 g/mol. The van der Waals surface area contributed by atoms with Crippen molar-refractivity contribution in [2.75, 3.05) is 37.3 Å². The Morgan fingerprint density at radius 3 is 2.61 bits per heavy atom. The van der Waals surface area contributed by atoms with Gasteiger partial charge in [0.05, 0.1) is 18.1 Å². The van der Waals surface area contributed by atoms with E-state index in [0.717, 1.165) is 25.9 Å². The molecule has 0 amide bonds. The predicted octanol–water partition coefficient (Wildman–Crippen LogP) is 0.283. The first-order valence-corrected chi connectivity index (χ1v) is 10.2. The van der Waals surface area contributed by atoms with Gasteiger partial charge in [0.1, 0.15) is 11.9 Å². The van der Waals surface area contributed by atoms with Crippen LogP contribution in [0.3, 0.4) is 0 Å². The maximum Gasteiger partial charge on any atom is 0.259 e. The van der Waals surface area contributed by atoms with Gasteiger partial charge in [0, 0.05) is 12.6 Å². The zero-order valence-electron chi connectivity index (χ0n) is 15.3. The molecule has 148 valence electrons. The fourth-order valence-corrected chi connectivity index (χ4v) is 3.47. The molecule has 1 saturated heterocycles. The number of rotatable bonds is 6. The van der Waals surface area contributed by atoms with Crippen LogP contribution in [0.5, 0.6) is 0 Å². The highest BCUT2D eigenvalue weighted by Gasteiger charge is 2.21. The molecule has 0 spiro atoms. The summed E-state index contributed by atoms with van der Waals surface area (Å²) in [7, 11) is -1.95. The van der Waals surface area contributed by atoms with Gasteiger partial charge in [-0.25, -0.2) is 23.5 Å². The van der Waals surface area contributed by atoms with Gasteiger partial charge in [-0.2, -0.15) is 5.26 Å². The number of aromatic nitrogens is 4. The second-order valence-electron chi connectivity index (χ2n) is 6.64. The van der Waals surface area contributed by atoms with E-state index in [0.29, 0.717) is 18.3 Å². The van der Waals surface area contributed by atoms with Crippen LogP contribution in [0.4, 0.5) is 17.3 Å². The normalized spacial score (nSPS) is 15.8. The monoisotopic (exact) mass is 403 g/mol. The number of sulfonamides is 1. The molecule has 0 aliphatic carbocycles. The number of anilines is 3. The van der Waals surface area contributed by atoms with E-state index in [-0.39, 0.29) is 22.2 Å². The lowest BCUT2D eigenvalue weighted by Crippen LogP contribution is -2.33. The van der Waals surface area contributed by atoms with Crippen molar-refractivity contribution in [3.63, 3.8) is 0 Å². The molecular formula is C16H21N9O2S. The SMILES string of the molecule is CN1CCC(CNc2cc(Nc3cnc(C#N)cn3)nnc2S(N)(=O)=O)CC1. The average molecular weight is 403 g/mol. The molecule has 28 heavy (non-hydrogen) atoms. The zero-order valence-corrected chi connectivity index (χ0v) is 16.1. The van der Waals surface area contributed by atoms with Crippen LogP contribution >= 0.6 is 0 Å². The minimum absolute atomic E-state index is 0.182. The molecule has 2 aromatic heterocycles. The molecule has 12 heteroatoms. The molecule has 0 unspecified atom stereocenters. The highest BCUT2D eigenvalue weighted by molar-refractivity contribution is 7.89. The van der Waals surface area contributed by atoms with Crippen LogP contribution in [-0.4, -0.2) is 60.2 Å². The number of primary sulfonamides is 1. The van der Waals surface area contributed by atoms with Gasteiger partial charge in [0.15, 0.2) is 11.5 Å². The first-order chi connectivity index (χ1) is 13.3. The molecule has 0 atom stereocenters. The maximum atomic E-state index is 11.8. The Hall–Kier alpha value is -2.88. The molecule has 1 aliphatic rings. The summed E-state index contributed by atoms with van der Waals surface area (Å²) in [4.78, 5) is 10.2. The van der Waals surface area contributed by atoms with Crippen LogP contribution in [-0.2, 0) is 10.0 Å². The number of hydrogen-bond donors (Lipinski definition) is 3. The Bertz CT molecular complexity index is 965. The van der Waals surface area contributed by atoms with Crippen molar-refractivity contribution in [1.82, 2.24) is 25.1 Å². The van der Waals surface area contributed by atoms with Crippen LogP contribution in [0.2, 0.25) is 0 Å². The summed E-state index contributed by atoms with van der Waals surface area (Å²) < 4.78 is 23.7. The third kappa shape index (κ3) is 5.10. The highest BCUT2D eigenvalue weighted by atomic mass is 32.2. The maximum absolute atomic E-state index is 11.8. The van der Waals surface area contributed by atoms with Crippen molar-refractivity contribution in [3.05, 3.63) is 24.2 Å². The van der Waals surface area contributed by atoms with E-state index in [4.69, 9.17) is 10.4 Å². The Balaban J connectivity index is 1.77. The van der Waals surface area contributed by atoms with Crippen LogP contribution in [0, 0.1) is 17.2 Å². The molecule has 3 heterocycles. The van der Waals surface area contributed by atoms with E-state index in [9.17, 15) is 8.42 Å². The lowest BCUT2D eigenvalue weighted by molar-refractivity contribution is 0.226. The largest absolute Gasteiger partial charge is 0.382 e. The Morgan fingerprint density at radius 2 is 2.00 bits per heavy atom. The smallest absolute Gasteiger partial charge is 0.259 e. The molecule has 1 aliphatic heterocycles. The summed E-state index contributed by atoms with van der Waals surface area (Å²) in [6.45, 7) is 2.62. The van der Waals surface area contributed by atoms with E-state index in [1.165, 1.54) is 18.5 Å². The van der Waals surface area contributed by atoms with E-state index in [2.05, 4.69) is 42.7 Å². The van der Waals surface area contributed by atoms with E-state index < -0.39 is 10.0 Å².